The van der Waals surface area contributed by atoms with Crippen LogP contribution in [0.15, 0.2) is 54.6 Å². The van der Waals surface area contributed by atoms with Crippen LogP contribution in [0.5, 0.6) is 11.6 Å². The third kappa shape index (κ3) is 4.86. The summed E-state index contributed by atoms with van der Waals surface area (Å²) < 4.78 is 8.00. The summed E-state index contributed by atoms with van der Waals surface area (Å²) in [5.74, 6) is 1.55. The van der Waals surface area contributed by atoms with Crippen LogP contribution >= 0.6 is 0 Å². The van der Waals surface area contributed by atoms with E-state index in [-0.39, 0.29) is 11.9 Å². The zero-order valence-corrected chi connectivity index (χ0v) is 17.8. The first-order chi connectivity index (χ1) is 13.9. The lowest BCUT2D eigenvalue weighted by molar-refractivity contribution is -0.131. The van der Waals surface area contributed by atoms with Gasteiger partial charge in [0.15, 0.2) is 0 Å². The van der Waals surface area contributed by atoms with Crippen molar-refractivity contribution >= 4 is 5.91 Å². The first-order valence-corrected chi connectivity index (χ1v) is 9.98. The molecule has 0 fully saturated rings. The third-order valence-corrected chi connectivity index (χ3v) is 5.10. The molecule has 0 aliphatic heterocycles. The maximum absolute atomic E-state index is 12.6. The number of carbonyl (C=O) groups excluding carboxylic acids is 1. The monoisotopic (exact) mass is 391 g/mol. The Morgan fingerprint density at radius 1 is 1.14 bits per heavy atom. The molecular formula is C24H29N3O2. The molecule has 0 radical (unpaired) electrons. The molecule has 2 aromatic carbocycles. The van der Waals surface area contributed by atoms with E-state index in [1.165, 1.54) is 0 Å². The molecule has 1 amide bonds. The van der Waals surface area contributed by atoms with Crippen molar-refractivity contribution in [2.24, 2.45) is 7.05 Å². The second-order valence-corrected chi connectivity index (χ2v) is 7.64. The van der Waals surface area contributed by atoms with Crippen LogP contribution in [-0.2, 0) is 18.3 Å². The molecule has 0 saturated carbocycles. The van der Waals surface area contributed by atoms with Gasteiger partial charge in [0.2, 0.25) is 11.8 Å². The van der Waals surface area contributed by atoms with Crippen LogP contribution in [0.1, 0.15) is 31.4 Å². The van der Waals surface area contributed by atoms with Gasteiger partial charge in [0.05, 0.1) is 5.69 Å². The molecule has 0 bridgehead atoms. The summed E-state index contributed by atoms with van der Waals surface area (Å²) in [6.07, 6.45) is 0.972. The van der Waals surface area contributed by atoms with E-state index in [0.717, 1.165) is 28.1 Å². The molecule has 0 saturated heterocycles. The van der Waals surface area contributed by atoms with Crippen LogP contribution in [-0.4, -0.2) is 33.7 Å². The summed E-state index contributed by atoms with van der Waals surface area (Å²) in [7, 11) is 3.72. The second-order valence-electron chi connectivity index (χ2n) is 7.64. The van der Waals surface area contributed by atoms with E-state index in [1.807, 2.05) is 89.5 Å². The topological polar surface area (TPSA) is 47.4 Å². The van der Waals surface area contributed by atoms with E-state index in [1.54, 1.807) is 9.58 Å². The lowest BCUT2D eigenvalue weighted by Gasteiger charge is -2.21. The van der Waals surface area contributed by atoms with E-state index in [0.29, 0.717) is 18.7 Å². The highest BCUT2D eigenvalue weighted by Crippen LogP contribution is 2.34. The molecule has 0 unspecified atom stereocenters. The van der Waals surface area contributed by atoms with Crippen LogP contribution in [0.3, 0.4) is 0 Å². The fraction of sp³-hybridized carbons (Fsp3) is 0.333. The van der Waals surface area contributed by atoms with Gasteiger partial charge in [-0.05, 0) is 44.9 Å². The zero-order chi connectivity index (χ0) is 21.0. The van der Waals surface area contributed by atoms with Crippen LogP contribution in [0, 0.1) is 6.92 Å². The molecule has 0 aliphatic rings. The number of ether oxygens (including phenoxy) is 1. The van der Waals surface area contributed by atoms with Crippen LogP contribution in [0.25, 0.3) is 11.3 Å². The number of hydrogen-bond acceptors (Lipinski definition) is 3. The van der Waals surface area contributed by atoms with Crippen LogP contribution < -0.4 is 4.74 Å². The average Bonchev–Trinajstić information content (AvgIpc) is 3.01. The first-order valence-electron chi connectivity index (χ1n) is 9.98. The Bertz CT molecular complexity index is 977. The lowest BCUT2D eigenvalue weighted by Crippen LogP contribution is -2.33. The first kappa shape index (κ1) is 20.6. The second kappa shape index (κ2) is 8.95. The van der Waals surface area contributed by atoms with Crippen molar-refractivity contribution in [2.45, 2.75) is 39.7 Å². The molecule has 5 heteroatoms. The van der Waals surface area contributed by atoms with E-state index in [4.69, 9.17) is 9.84 Å². The average molecular weight is 392 g/mol. The number of benzene rings is 2. The predicted molar refractivity (Wildman–Crippen MR) is 116 cm³/mol. The molecule has 1 aromatic heterocycles. The van der Waals surface area contributed by atoms with Gasteiger partial charge in [0.25, 0.3) is 0 Å². The van der Waals surface area contributed by atoms with E-state index < -0.39 is 0 Å². The molecular weight excluding hydrogens is 362 g/mol. The van der Waals surface area contributed by atoms with Crippen molar-refractivity contribution in [1.82, 2.24) is 14.7 Å². The zero-order valence-electron chi connectivity index (χ0n) is 17.8. The number of nitrogens with zero attached hydrogens (tertiary/aromatic N) is 3. The molecule has 5 nitrogen and oxygen atoms in total. The number of aromatic nitrogens is 2. The van der Waals surface area contributed by atoms with Gasteiger partial charge in [-0.2, -0.15) is 5.10 Å². The van der Waals surface area contributed by atoms with E-state index in [9.17, 15) is 4.79 Å². The molecule has 0 spiro atoms. The maximum Gasteiger partial charge on any atom is 0.222 e. The standard InChI is InChI=1S/C24H29N3O2/c1-17(2)26(4)22(28)15-14-21-23(19-11-7-6-8-12-19)25-27(5)24(21)29-20-13-9-10-18(3)16-20/h6-13,16-17H,14-15H2,1-5H3. The molecule has 0 atom stereocenters. The Morgan fingerprint density at radius 3 is 2.52 bits per heavy atom. The minimum atomic E-state index is 0.115. The minimum Gasteiger partial charge on any atom is -0.439 e. The highest BCUT2D eigenvalue weighted by atomic mass is 16.5. The number of amides is 1. The van der Waals surface area contributed by atoms with Gasteiger partial charge in [-0.15, -0.1) is 0 Å². The van der Waals surface area contributed by atoms with Gasteiger partial charge >= 0.3 is 0 Å². The maximum atomic E-state index is 12.6. The van der Waals surface area contributed by atoms with E-state index >= 15 is 0 Å². The third-order valence-electron chi connectivity index (χ3n) is 5.10. The van der Waals surface area contributed by atoms with Crippen molar-refractivity contribution < 1.29 is 9.53 Å². The van der Waals surface area contributed by atoms with Crippen molar-refractivity contribution in [1.29, 1.82) is 0 Å². The van der Waals surface area contributed by atoms with Gasteiger partial charge in [0.1, 0.15) is 5.75 Å². The Labute approximate surface area is 172 Å². The molecule has 1 heterocycles. The SMILES string of the molecule is Cc1cccc(Oc2c(CCC(=O)N(C)C(C)C)c(-c3ccccc3)nn2C)c1. The van der Waals surface area contributed by atoms with Crippen molar-refractivity contribution in [3.63, 3.8) is 0 Å². The summed E-state index contributed by atoms with van der Waals surface area (Å²) in [4.78, 5) is 14.4. The Hall–Kier alpha value is -3.08. The summed E-state index contributed by atoms with van der Waals surface area (Å²) >= 11 is 0. The summed E-state index contributed by atoms with van der Waals surface area (Å²) in [5, 5.41) is 4.72. The summed E-state index contributed by atoms with van der Waals surface area (Å²) in [5.41, 5.74) is 3.95. The van der Waals surface area contributed by atoms with Gasteiger partial charge in [-0.3, -0.25) is 4.79 Å². The largest absolute Gasteiger partial charge is 0.439 e. The number of aryl methyl sites for hydroxylation is 2. The van der Waals surface area contributed by atoms with Gasteiger partial charge < -0.3 is 9.64 Å². The molecule has 0 aliphatic carbocycles. The van der Waals surface area contributed by atoms with Crippen LogP contribution in [0.2, 0.25) is 0 Å². The predicted octanol–water partition coefficient (Wildman–Crippen LogP) is 4.99. The fourth-order valence-electron chi connectivity index (χ4n) is 3.22. The number of rotatable bonds is 7. The lowest BCUT2D eigenvalue weighted by atomic mass is 10.0. The highest BCUT2D eigenvalue weighted by molar-refractivity contribution is 5.77. The smallest absolute Gasteiger partial charge is 0.222 e. The van der Waals surface area contributed by atoms with Gasteiger partial charge in [0, 0.05) is 37.7 Å². The minimum absolute atomic E-state index is 0.115. The van der Waals surface area contributed by atoms with Crippen molar-refractivity contribution in [3.05, 3.63) is 65.7 Å². The Balaban J connectivity index is 1.96. The van der Waals surface area contributed by atoms with Crippen LogP contribution in [0.4, 0.5) is 0 Å². The summed E-state index contributed by atoms with van der Waals surface area (Å²) in [6.45, 7) is 6.07. The molecule has 152 valence electrons. The number of hydrogen-bond donors (Lipinski definition) is 0. The highest BCUT2D eigenvalue weighted by Gasteiger charge is 2.22. The molecule has 29 heavy (non-hydrogen) atoms. The Kier molecular flexibility index (Phi) is 6.37. The van der Waals surface area contributed by atoms with Crippen molar-refractivity contribution in [3.8, 4) is 22.9 Å². The van der Waals surface area contributed by atoms with Crippen molar-refractivity contribution in [2.75, 3.05) is 7.05 Å². The fourth-order valence-corrected chi connectivity index (χ4v) is 3.22. The van der Waals surface area contributed by atoms with E-state index in [2.05, 4.69) is 0 Å². The van der Waals surface area contributed by atoms with Gasteiger partial charge in [-0.1, -0.05) is 42.5 Å². The van der Waals surface area contributed by atoms with Gasteiger partial charge in [-0.25, -0.2) is 4.68 Å². The normalized spacial score (nSPS) is 11.0. The number of carbonyl (C=O) groups is 1. The Morgan fingerprint density at radius 2 is 1.86 bits per heavy atom. The molecule has 3 aromatic rings. The summed E-state index contributed by atoms with van der Waals surface area (Å²) in [6, 6.07) is 18.1. The quantitative estimate of drug-likeness (QED) is 0.570. The molecule has 0 N–H and O–H groups in total. The molecule has 3 rings (SSSR count).